The smallest absolute Gasteiger partial charge is 0.324 e. The lowest BCUT2D eigenvalue weighted by Gasteiger charge is -2.39. The average molecular weight is 885 g/mol. The van der Waals surface area contributed by atoms with Gasteiger partial charge in [0.1, 0.15) is 0 Å². The lowest BCUT2D eigenvalue weighted by Crippen LogP contribution is -2.50. The SMILES string of the molecule is CCCC[N+](CCCC)(CCCC)CCCC.CCCC[N+](CCCC)(CCCC)CCCC.CCCC[N+](CCCC)(CCCC)CCCC.O=[PH]1OCO[PH](=O)O1. The van der Waals surface area contributed by atoms with Gasteiger partial charge in [-0.25, -0.2) is 4.31 Å². The topological polar surface area (TPSA) is 61.8 Å². The van der Waals surface area contributed by atoms with Gasteiger partial charge in [-0.2, -0.15) is 0 Å². The van der Waals surface area contributed by atoms with Crippen molar-refractivity contribution in [2.45, 2.75) is 237 Å². The van der Waals surface area contributed by atoms with E-state index in [0.29, 0.717) is 0 Å². The van der Waals surface area contributed by atoms with Crippen LogP contribution < -0.4 is 0 Å². The fourth-order valence-corrected chi connectivity index (χ4v) is 9.63. The summed E-state index contributed by atoms with van der Waals surface area (Å²) in [6.45, 7) is 44.9. The standard InChI is InChI=1S/3C16H36N.CH4O5P2/c3*1-5-9-13-17(14-10-6-2,15-11-7-3)16-12-8-4;2-7-4-1-5-8(3)6-7/h3*5-16H2,1-4H3;7-8H,1H2/q3*+1;. The van der Waals surface area contributed by atoms with E-state index in [1.807, 2.05) is 0 Å². The van der Waals surface area contributed by atoms with E-state index in [-0.39, 0.29) is 6.79 Å². The molecule has 8 nitrogen and oxygen atoms in total. The molecule has 0 N–H and O–H groups in total. The number of quaternary nitrogens is 3. The van der Waals surface area contributed by atoms with E-state index in [9.17, 15) is 9.13 Å². The largest absolute Gasteiger partial charge is 0.328 e. The monoisotopic (exact) mass is 885 g/mol. The first-order valence-corrected chi connectivity index (χ1v) is 28.5. The number of unbranched alkanes of at least 4 members (excludes halogenated alkanes) is 12. The molecular formula is C49H112N3O5P2+3. The van der Waals surface area contributed by atoms with Gasteiger partial charge < -0.3 is 13.4 Å². The Morgan fingerprint density at radius 2 is 0.424 bits per heavy atom. The highest BCUT2D eigenvalue weighted by molar-refractivity contribution is 7.48. The van der Waals surface area contributed by atoms with Gasteiger partial charge in [0.15, 0.2) is 6.79 Å². The summed E-state index contributed by atoms with van der Waals surface area (Å²) in [5.74, 6) is 0. The normalized spacial score (nSPS) is 15.7. The fraction of sp³-hybridized carbons (Fsp3) is 1.00. The molecule has 10 heteroatoms. The van der Waals surface area contributed by atoms with Crippen LogP contribution in [0, 0.1) is 0 Å². The van der Waals surface area contributed by atoms with E-state index in [1.165, 1.54) is 246 Å². The number of rotatable bonds is 36. The number of nitrogens with zero attached hydrogens (tertiary/aromatic N) is 3. The zero-order chi connectivity index (χ0) is 44.9. The molecule has 0 saturated carbocycles. The van der Waals surface area contributed by atoms with Crippen LogP contribution in [0.2, 0.25) is 0 Å². The molecule has 1 aliphatic heterocycles. The molecule has 0 aromatic heterocycles. The van der Waals surface area contributed by atoms with Crippen molar-refractivity contribution in [3.05, 3.63) is 0 Å². The van der Waals surface area contributed by atoms with E-state index in [0.717, 1.165) is 0 Å². The molecule has 0 bridgehead atoms. The van der Waals surface area contributed by atoms with Gasteiger partial charge >= 0.3 is 16.5 Å². The van der Waals surface area contributed by atoms with E-state index < -0.39 is 16.5 Å². The van der Waals surface area contributed by atoms with Gasteiger partial charge in [0.25, 0.3) is 0 Å². The molecule has 1 heterocycles. The predicted molar refractivity (Wildman–Crippen MR) is 264 cm³/mol. The summed E-state index contributed by atoms with van der Waals surface area (Å²) in [6.07, 6.45) is 33.2. The third-order valence-electron chi connectivity index (χ3n) is 12.4. The Hall–Kier alpha value is 0.220. The Bertz CT molecular complexity index is 686. The van der Waals surface area contributed by atoms with Gasteiger partial charge in [0.2, 0.25) is 0 Å². The van der Waals surface area contributed by atoms with Crippen LogP contribution in [0.15, 0.2) is 0 Å². The van der Waals surface area contributed by atoms with Gasteiger partial charge in [-0.3, -0.25) is 18.2 Å². The molecule has 2 atom stereocenters. The van der Waals surface area contributed by atoms with Crippen molar-refractivity contribution in [3.63, 3.8) is 0 Å². The lowest BCUT2D eigenvalue weighted by atomic mass is 10.1. The van der Waals surface area contributed by atoms with Crippen molar-refractivity contribution in [2.24, 2.45) is 0 Å². The highest BCUT2D eigenvalue weighted by atomic mass is 31.2. The van der Waals surface area contributed by atoms with Crippen LogP contribution >= 0.6 is 16.5 Å². The first-order valence-electron chi connectivity index (χ1n) is 26.1. The van der Waals surface area contributed by atoms with Crippen LogP contribution in [0.4, 0.5) is 0 Å². The highest BCUT2D eigenvalue weighted by Crippen LogP contribution is 2.44. The van der Waals surface area contributed by atoms with Gasteiger partial charge in [0.05, 0.1) is 78.5 Å². The first-order chi connectivity index (χ1) is 28.5. The Morgan fingerprint density at radius 3 is 0.508 bits per heavy atom. The zero-order valence-electron chi connectivity index (χ0n) is 42.5. The summed E-state index contributed by atoms with van der Waals surface area (Å²) in [5.41, 5.74) is 0. The summed E-state index contributed by atoms with van der Waals surface area (Å²) in [5, 5.41) is 0. The van der Waals surface area contributed by atoms with E-state index in [1.54, 1.807) is 0 Å². The van der Waals surface area contributed by atoms with Crippen LogP contribution in [-0.2, 0) is 22.5 Å². The van der Waals surface area contributed by atoms with Crippen molar-refractivity contribution in [3.8, 4) is 0 Å². The molecule has 360 valence electrons. The summed E-state index contributed by atoms with van der Waals surface area (Å²) >= 11 is 0. The summed E-state index contributed by atoms with van der Waals surface area (Å²) in [7, 11) is -4.97. The second-order valence-corrected chi connectivity index (χ2v) is 20.4. The molecule has 0 aromatic rings. The number of hydrogen-bond acceptors (Lipinski definition) is 5. The van der Waals surface area contributed by atoms with E-state index >= 15 is 0 Å². The van der Waals surface area contributed by atoms with Crippen molar-refractivity contribution in [2.75, 3.05) is 85.3 Å². The molecule has 2 unspecified atom stereocenters. The van der Waals surface area contributed by atoms with Gasteiger partial charge in [-0.1, -0.05) is 160 Å². The molecule has 1 rings (SSSR count). The molecule has 59 heavy (non-hydrogen) atoms. The van der Waals surface area contributed by atoms with Crippen molar-refractivity contribution < 1.29 is 35.9 Å². The fourth-order valence-electron chi connectivity index (χ4n) is 8.19. The molecule has 0 amide bonds. The zero-order valence-corrected chi connectivity index (χ0v) is 44.5. The van der Waals surface area contributed by atoms with E-state index in [4.69, 9.17) is 0 Å². The average Bonchev–Trinajstić information content (AvgIpc) is 3.25. The molecule has 0 spiro atoms. The third kappa shape index (κ3) is 37.3. The Balaban J connectivity index is -0.000000728. The minimum absolute atomic E-state index is 0.185. The van der Waals surface area contributed by atoms with Crippen LogP contribution in [0.1, 0.15) is 237 Å². The van der Waals surface area contributed by atoms with E-state index in [2.05, 4.69) is 96.4 Å². The second-order valence-electron chi connectivity index (χ2n) is 18.0. The van der Waals surface area contributed by atoms with Crippen LogP contribution in [0.25, 0.3) is 0 Å². The molecular weight excluding hydrogens is 773 g/mol. The quantitative estimate of drug-likeness (QED) is 0.0463. The van der Waals surface area contributed by atoms with Gasteiger partial charge in [0, 0.05) is 0 Å². The Kier molecular flexibility index (Phi) is 49.8. The maximum atomic E-state index is 10.2. The van der Waals surface area contributed by atoms with Crippen molar-refractivity contribution in [1.82, 2.24) is 0 Å². The lowest BCUT2D eigenvalue weighted by molar-refractivity contribution is -0.929. The third-order valence-corrected chi connectivity index (χ3v) is 14.4. The van der Waals surface area contributed by atoms with Crippen LogP contribution in [0.3, 0.4) is 0 Å². The molecule has 1 fully saturated rings. The Labute approximate surface area is 373 Å². The Morgan fingerprint density at radius 1 is 0.288 bits per heavy atom. The molecule has 0 aliphatic carbocycles. The molecule has 0 aromatic carbocycles. The first kappa shape index (κ1) is 63.5. The highest BCUT2D eigenvalue weighted by Gasteiger charge is 2.27. The van der Waals surface area contributed by atoms with Crippen molar-refractivity contribution in [1.29, 1.82) is 0 Å². The minimum Gasteiger partial charge on any atom is -0.324 e. The van der Waals surface area contributed by atoms with Crippen LogP contribution in [-0.4, -0.2) is 98.8 Å². The van der Waals surface area contributed by atoms with Crippen LogP contribution in [0.5, 0.6) is 0 Å². The van der Waals surface area contributed by atoms with Gasteiger partial charge in [-0.05, 0) is 77.0 Å². The maximum Gasteiger partial charge on any atom is 0.328 e. The molecule has 1 saturated heterocycles. The minimum atomic E-state index is -2.48. The predicted octanol–water partition coefficient (Wildman–Crippen LogP) is 15.8. The van der Waals surface area contributed by atoms with Gasteiger partial charge in [-0.15, -0.1) is 0 Å². The second kappa shape index (κ2) is 46.2. The maximum absolute atomic E-state index is 10.2. The molecule has 0 radical (unpaired) electrons. The number of hydrogen-bond donors (Lipinski definition) is 0. The molecule has 1 aliphatic rings. The summed E-state index contributed by atoms with van der Waals surface area (Å²) in [4.78, 5) is 0. The summed E-state index contributed by atoms with van der Waals surface area (Å²) in [6, 6.07) is 0. The summed E-state index contributed by atoms with van der Waals surface area (Å²) < 4.78 is 37.3. The van der Waals surface area contributed by atoms with Crippen molar-refractivity contribution >= 4 is 16.5 Å².